The first-order valence-electron chi connectivity index (χ1n) is 9.23. The SMILES string of the molecule is C[C@H](NC(=O)C1CC[NH+](C(=O)/C=C/c2cc3ccsc3c(Cl)c2Cl)CC1)C(=O)O. The van der Waals surface area contributed by atoms with Crippen molar-refractivity contribution in [2.75, 3.05) is 13.1 Å². The standard InChI is InChI=1S/C20H20Cl2N2O4S/c1-11(20(27)28)23-19(26)12-4-7-24(8-5-12)15(25)3-2-13-10-14-6-9-29-18(14)17(22)16(13)21/h2-3,6,9-12H,4-5,7-8H2,1H3,(H,23,26)(H,27,28)/p+1/b3-2+/t11-/m0/s1. The average molecular weight is 456 g/mol. The quantitative estimate of drug-likeness (QED) is 0.604. The number of carbonyl (C=O) groups excluding carboxylic acids is 2. The van der Waals surface area contributed by atoms with Gasteiger partial charge in [-0.1, -0.05) is 23.2 Å². The lowest BCUT2D eigenvalue weighted by Crippen LogP contribution is -3.15. The van der Waals surface area contributed by atoms with Crippen LogP contribution < -0.4 is 10.2 Å². The molecule has 2 amide bonds. The van der Waals surface area contributed by atoms with Crippen LogP contribution in [0.4, 0.5) is 0 Å². The van der Waals surface area contributed by atoms with E-state index < -0.39 is 12.0 Å². The number of aliphatic carboxylic acids is 1. The van der Waals surface area contributed by atoms with Gasteiger partial charge >= 0.3 is 11.9 Å². The van der Waals surface area contributed by atoms with E-state index in [1.165, 1.54) is 24.3 Å². The van der Waals surface area contributed by atoms with Crippen LogP contribution in [0.15, 0.2) is 23.6 Å². The maximum atomic E-state index is 12.5. The number of amides is 2. The molecule has 154 valence electrons. The number of piperidine rings is 1. The van der Waals surface area contributed by atoms with Crippen LogP contribution in [0.1, 0.15) is 25.3 Å². The summed E-state index contributed by atoms with van der Waals surface area (Å²) < 4.78 is 0.920. The molecule has 0 bridgehead atoms. The van der Waals surface area contributed by atoms with Gasteiger partial charge in [-0.15, -0.1) is 11.3 Å². The summed E-state index contributed by atoms with van der Waals surface area (Å²) in [5, 5.41) is 15.2. The van der Waals surface area contributed by atoms with E-state index in [0.717, 1.165) is 15.0 Å². The summed E-state index contributed by atoms with van der Waals surface area (Å²) in [6.45, 7) is 2.46. The van der Waals surface area contributed by atoms with Gasteiger partial charge in [-0.3, -0.25) is 14.5 Å². The Hall–Kier alpha value is -1.93. The molecule has 0 saturated carbocycles. The largest absolute Gasteiger partial charge is 0.480 e. The van der Waals surface area contributed by atoms with Crippen molar-refractivity contribution in [3.05, 3.63) is 39.2 Å². The number of carboxylic acid groups (broad SMARTS) is 1. The third-order valence-electron chi connectivity index (χ3n) is 5.10. The predicted molar refractivity (Wildman–Crippen MR) is 115 cm³/mol. The van der Waals surface area contributed by atoms with Gasteiger partial charge in [-0.2, -0.15) is 0 Å². The van der Waals surface area contributed by atoms with Crippen molar-refractivity contribution in [3.8, 4) is 0 Å². The first-order valence-corrected chi connectivity index (χ1v) is 10.9. The Bertz CT molecular complexity index is 980. The Kier molecular flexibility index (Phi) is 6.95. The number of thiophene rings is 1. The minimum atomic E-state index is -1.07. The van der Waals surface area contributed by atoms with Gasteiger partial charge in [0.2, 0.25) is 5.91 Å². The second-order valence-electron chi connectivity index (χ2n) is 7.08. The van der Waals surface area contributed by atoms with Crippen LogP contribution in [0.5, 0.6) is 0 Å². The molecule has 0 unspecified atom stereocenters. The van der Waals surface area contributed by atoms with Crippen molar-refractivity contribution < 1.29 is 24.4 Å². The van der Waals surface area contributed by atoms with Crippen molar-refractivity contribution in [3.63, 3.8) is 0 Å². The van der Waals surface area contributed by atoms with E-state index in [9.17, 15) is 14.4 Å². The second-order valence-corrected chi connectivity index (χ2v) is 8.75. The molecule has 9 heteroatoms. The molecule has 2 heterocycles. The summed E-state index contributed by atoms with van der Waals surface area (Å²) in [4.78, 5) is 36.3. The number of benzene rings is 1. The fraction of sp³-hybridized carbons (Fsp3) is 0.350. The fourth-order valence-electron chi connectivity index (χ4n) is 3.34. The molecule has 2 aromatic rings. The normalized spacial score (nSPS) is 20.7. The molecule has 0 spiro atoms. The van der Waals surface area contributed by atoms with Crippen LogP contribution >= 0.6 is 34.5 Å². The number of fused-ring (bicyclic) bond motifs is 1. The molecule has 6 nitrogen and oxygen atoms in total. The van der Waals surface area contributed by atoms with Crippen LogP contribution in [-0.2, 0) is 14.4 Å². The zero-order chi connectivity index (χ0) is 21.1. The number of hydrogen-bond donors (Lipinski definition) is 3. The molecule has 3 rings (SSSR count). The van der Waals surface area contributed by atoms with E-state index in [1.54, 1.807) is 6.08 Å². The Morgan fingerprint density at radius 2 is 1.97 bits per heavy atom. The molecule has 0 aliphatic carbocycles. The number of quaternary nitrogens is 1. The van der Waals surface area contributed by atoms with Crippen molar-refractivity contribution >= 4 is 68.5 Å². The number of likely N-dealkylation sites (tertiary alicyclic amines) is 1. The van der Waals surface area contributed by atoms with E-state index in [4.69, 9.17) is 28.3 Å². The third kappa shape index (κ3) is 4.98. The maximum Gasteiger partial charge on any atom is 0.337 e. The minimum Gasteiger partial charge on any atom is -0.480 e. The molecule has 1 atom stereocenters. The molecular weight excluding hydrogens is 435 g/mol. The monoisotopic (exact) mass is 455 g/mol. The van der Waals surface area contributed by atoms with Gasteiger partial charge in [0, 0.05) is 24.8 Å². The lowest BCUT2D eigenvalue weighted by Gasteiger charge is -2.26. The smallest absolute Gasteiger partial charge is 0.337 e. The predicted octanol–water partition coefficient (Wildman–Crippen LogP) is 2.63. The number of rotatable bonds is 5. The van der Waals surface area contributed by atoms with Crippen LogP contribution in [0, 0.1) is 5.92 Å². The van der Waals surface area contributed by atoms with Gasteiger partial charge in [0.1, 0.15) is 6.04 Å². The maximum absolute atomic E-state index is 12.5. The topological polar surface area (TPSA) is 87.9 Å². The lowest BCUT2D eigenvalue weighted by atomic mass is 9.95. The molecule has 1 aromatic heterocycles. The third-order valence-corrected chi connectivity index (χ3v) is 7.05. The summed E-state index contributed by atoms with van der Waals surface area (Å²) in [6, 6.07) is 2.93. The van der Waals surface area contributed by atoms with Gasteiger partial charge in [-0.05, 0) is 41.5 Å². The van der Waals surface area contributed by atoms with E-state index in [2.05, 4.69) is 5.32 Å². The molecule has 1 aromatic carbocycles. The highest BCUT2D eigenvalue weighted by Gasteiger charge is 2.31. The van der Waals surface area contributed by atoms with Gasteiger partial charge in [0.25, 0.3) is 0 Å². The highest BCUT2D eigenvalue weighted by atomic mass is 35.5. The van der Waals surface area contributed by atoms with Crippen molar-refractivity contribution in [1.82, 2.24) is 5.32 Å². The van der Waals surface area contributed by atoms with Crippen LogP contribution in [-0.4, -0.2) is 42.0 Å². The Labute approximate surface area is 182 Å². The van der Waals surface area contributed by atoms with Crippen molar-refractivity contribution in [1.29, 1.82) is 0 Å². The van der Waals surface area contributed by atoms with Crippen LogP contribution in [0.2, 0.25) is 10.0 Å². The van der Waals surface area contributed by atoms with Crippen LogP contribution in [0.3, 0.4) is 0 Å². The molecule has 29 heavy (non-hydrogen) atoms. The molecule has 1 saturated heterocycles. The van der Waals surface area contributed by atoms with Crippen molar-refractivity contribution in [2.45, 2.75) is 25.8 Å². The molecule has 1 aliphatic rings. The van der Waals surface area contributed by atoms with Gasteiger partial charge in [-0.25, -0.2) is 4.79 Å². The number of halogens is 2. The summed E-state index contributed by atoms with van der Waals surface area (Å²) >= 11 is 14.2. The number of carboxylic acids is 1. The second kappa shape index (κ2) is 9.26. The number of carbonyl (C=O) groups is 3. The van der Waals surface area contributed by atoms with Crippen LogP contribution in [0.25, 0.3) is 16.2 Å². The zero-order valence-corrected chi connectivity index (χ0v) is 18.0. The summed E-state index contributed by atoms with van der Waals surface area (Å²) in [7, 11) is 0. The molecule has 1 aliphatic heterocycles. The van der Waals surface area contributed by atoms with Gasteiger partial charge in [0.05, 0.1) is 27.8 Å². The zero-order valence-electron chi connectivity index (χ0n) is 15.7. The molecule has 3 N–H and O–H groups in total. The van der Waals surface area contributed by atoms with E-state index in [1.807, 2.05) is 17.5 Å². The first kappa shape index (κ1) is 21.8. The average Bonchev–Trinajstić information content (AvgIpc) is 3.18. The Morgan fingerprint density at radius 1 is 1.28 bits per heavy atom. The molecule has 1 fully saturated rings. The fourth-order valence-corrected chi connectivity index (χ4v) is 4.78. The molecule has 0 radical (unpaired) electrons. The first-order chi connectivity index (χ1) is 13.8. The minimum absolute atomic E-state index is 0.0830. The Morgan fingerprint density at radius 3 is 2.62 bits per heavy atom. The number of hydrogen-bond acceptors (Lipinski definition) is 4. The van der Waals surface area contributed by atoms with Gasteiger partial charge in [0.15, 0.2) is 0 Å². The van der Waals surface area contributed by atoms with E-state index in [-0.39, 0.29) is 17.7 Å². The Balaban J connectivity index is 1.59. The van der Waals surface area contributed by atoms with Gasteiger partial charge < -0.3 is 10.4 Å². The number of nitrogens with one attached hydrogen (secondary N) is 2. The highest BCUT2D eigenvalue weighted by Crippen LogP contribution is 2.37. The van der Waals surface area contributed by atoms with Crippen molar-refractivity contribution in [2.24, 2.45) is 5.92 Å². The summed E-state index contributed by atoms with van der Waals surface area (Å²) in [5.74, 6) is -1.69. The highest BCUT2D eigenvalue weighted by molar-refractivity contribution is 7.18. The molecular formula is C20H21Cl2N2O4S+. The summed E-state index contributed by atoms with van der Waals surface area (Å²) in [5.41, 5.74) is 0.687. The van der Waals surface area contributed by atoms with E-state index in [0.29, 0.717) is 41.5 Å². The lowest BCUT2D eigenvalue weighted by molar-refractivity contribution is -0.824. The summed E-state index contributed by atoms with van der Waals surface area (Å²) in [6.07, 6.45) is 4.23. The van der Waals surface area contributed by atoms with E-state index >= 15 is 0 Å².